The molecule has 1 fully saturated rings. The van der Waals surface area contributed by atoms with Gasteiger partial charge in [0.1, 0.15) is 10.7 Å². The van der Waals surface area contributed by atoms with Crippen molar-refractivity contribution in [3.63, 3.8) is 0 Å². The van der Waals surface area contributed by atoms with Gasteiger partial charge in [0.15, 0.2) is 5.82 Å². The molecule has 0 atom stereocenters. The number of nitrogens with two attached hydrogens (primary N) is 1. The van der Waals surface area contributed by atoms with E-state index in [0.717, 1.165) is 6.54 Å². The van der Waals surface area contributed by atoms with Gasteiger partial charge in [-0.1, -0.05) is 32.0 Å². The first-order valence-electron chi connectivity index (χ1n) is 6.51. The molecule has 18 heavy (non-hydrogen) atoms. The van der Waals surface area contributed by atoms with Gasteiger partial charge in [0.25, 0.3) is 0 Å². The fourth-order valence-electron chi connectivity index (χ4n) is 2.70. The van der Waals surface area contributed by atoms with Crippen LogP contribution in [-0.4, -0.2) is 21.5 Å². The van der Waals surface area contributed by atoms with Crippen molar-refractivity contribution in [2.75, 3.05) is 11.9 Å². The standard InChI is InChI=1S/C13H20N4S/c1-2-13(5-3-4-6-13)9-17-12-10(11(14)18)15-7-8-16-12/h7-8H,2-6,9H2,1H3,(H2,14,18)(H,16,17). The maximum atomic E-state index is 5.65. The Morgan fingerprint density at radius 3 is 2.67 bits per heavy atom. The lowest BCUT2D eigenvalue weighted by Crippen LogP contribution is -2.27. The van der Waals surface area contributed by atoms with E-state index in [4.69, 9.17) is 18.0 Å². The van der Waals surface area contributed by atoms with Crippen LogP contribution in [0.1, 0.15) is 44.7 Å². The molecule has 3 N–H and O–H groups in total. The van der Waals surface area contributed by atoms with Gasteiger partial charge in [-0.2, -0.15) is 0 Å². The molecule has 4 nitrogen and oxygen atoms in total. The van der Waals surface area contributed by atoms with Gasteiger partial charge >= 0.3 is 0 Å². The third-order valence-electron chi connectivity index (χ3n) is 3.98. The average molecular weight is 264 g/mol. The quantitative estimate of drug-likeness (QED) is 0.800. The zero-order valence-electron chi connectivity index (χ0n) is 10.8. The Kier molecular flexibility index (Phi) is 4.11. The second-order valence-electron chi connectivity index (χ2n) is 5.03. The Morgan fingerprint density at radius 2 is 2.06 bits per heavy atom. The predicted molar refractivity (Wildman–Crippen MR) is 77.6 cm³/mol. The summed E-state index contributed by atoms with van der Waals surface area (Å²) >= 11 is 4.99. The molecule has 0 unspecified atom stereocenters. The molecule has 0 spiro atoms. The Bertz CT molecular complexity index is 427. The summed E-state index contributed by atoms with van der Waals surface area (Å²) in [5.41, 5.74) is 6.65. The lowest BCUT2D eigenvalue weighted by molar-refractivity contribution is 0.306. The summed E-state index contributed by atoms with van der Waals surface area (Å²) in [5, 5.41) is 3.39. The highest BCUT2D eigenvalue weighted by Gasteiger charge is 2.31. The number of anilines is 1. The summed E-state index contributed by atoms with van der Waals surface area (Å²) in [6, 6.07) is 0. The predicted octanol–water partition coefficient (Wildman–Crippen LogP) is 2.49. The van der Waals surface area contributed by atoms with Crippen molar-refractivity contribution in [3.05, 3.63) is 18.1 Å². The Labute approximate surface area is 113 Å². The second-order valence-corrected chi connectivity index (χ2v) is 5.47. The highest BCUT2D eigenvalue weighted by molar-refractivity contribution is 7.80. The van der Waals surface area contributed by atoms with Gasteiger partial charge < -0.3 is 11.1 Å². The van der Waals surface area contributed by atoms with Gasteiger partial charge in [-0.15, -0.1) is 0 Å². The van der Waals surface area contributed by atoms with Crippen LogP contribution in [0.15, 0.2) is 12.4 Å². The normalized spacial score (nSPS) is 17.6. The minimum atomic E-state index is 0.294. The fraction of sp³-hybridized carbons (Fsp3) is 0.615. The van der Waals surface area contributed by atoms with Crippen LogP contribution in [0.25, 0.3) is 0 Å². The minimum Gasteiger partial charge on any atom is -0.388 e. The van der Waals surface area contributed by atoms with E-state index in [9.17, 15) is 0 Å². The summed E-state index contributed by atoms with van der Waals surface area (Å²) in [7, 11) is 0. The van der Waals surface area contributed by atoms with Crippen LogP contribution >= 0.6 is 12.2 Å². The van der Waals surface area contributed by atoms with E-state index in [2.05, 4.69) is 22.2 Å². The van der Waals surface area contributed by atoms with E-state index in [-0.39, 0.29) is 0 Å². The molecule has 1 aliphatic rings. The number of thiocarbonyl (C=S) groups is 1. The molecule has 1 heterocycles. The maximum absolute atomic E-state index is 5.65. The van der Waals surface area contributed by atoms with E-state index >= 15 is 0 Å². The molecule has 1 aromatic heterocycles. The van der Waals surface area contributed by atoms with Crippen LogP contribution in [0.3, 0.4) is 0 Å². The van der Waals surface area contributed by atoms with Crippen molar-refractivity contribution in [2.24, 2.45) is 11.1 Å². The monoisotopic (exact) mass is 264 g/mol. The number of hydrogen-bond donors (Lipinski definition) is 2. The molecule has 2 rings (SSSR count). The minimum absolute atomic E-state index is 0.294. The first-order chi connectivity index (χ1) is 8.67. The molecule has 1 aromatic rings. The van der Waals surface area contributed by atoms with Gasteiger partial charge in [-0.3, -0.25) is 0 Å². The molecule has 0 radical (unpaired) electrons. The summed E-state index contributed by atoms with van der Waals surface area (Å²) in [5.74, 6) is 0.713. The highest BCUT2D eigenvalue weighted by atomic mass is 32.1. The summed E-state index contributed by atoms with van der Waals surface area (Å²) in [6.07, 6.45) is 9.72. The van der Waals surface area contributed by atoms with Gasteiger partial charge in [0.05, 0.1) is 0 Å². The zero-order valence-corrected chi connectivity index (χ0v) is 11.6. The number of aromatic nitrogens is 2. The fourth-order valence-corrected chi connectivity index (χ4v) is 2.85. The number of nitrogens with zero attached hydrogens (tertiary/aromatic N) is 2. The molecule has 0 aromatic carbocycles. The summed E-state index contributed by atoms with van der Waals surface area (Å²) in [6.45, 7) is 3.19. The SMILES string of the molecule is CCC1(CNc2nccnc2C(N)=S)CCCC1. The summed E-state index contributed by atoms with van der Waals surface area (Å²) < 4.78 is 0. The smallest absolute Gasteiger partial charge is 0.155 e. The molecular formula is C13H20N4S. The topological polar surface area (TPSA) is 63.8 Å². The van der Waals surface area contributed by atoms with Crippen molar-refractivity contribution in [1.29, 1.82) is 0 Å². The van der Waals surface area contributed by atoms with Crippen molar-refractivity contribution < 1.29 is 0 Å². The largest absolute Gasteiger partial charge is 0.388 e. The Morgan fingerprint density at radius 1 is 1.39 bits per heavy atom. The molecule has 1 aliphatic carbocycles. The first kappa shape index (κ1) is 13.2. The van der Waals surface area contributed by atoms with Crippen molar-refractivity contribution in [1.82, 2.24) is 9.97 Å². The van der Waals surface area contributed by atoms with Crippen LogP contribution in [0.4, 0.5) is 5.82 Å². The van der Waals surface area contributed by atoms with E-state index in [0.29, 0.717) is 21.9 Å². The number of rotatable bonds is 5. The first-order valence-corrected chi connectivity index (χ1v) is 6.92. The van der Waals surface area contributed by atoms with Crippen LogP contribution < -0.4 is 11.1 Å². The van der Waals surface area contributed by atoms with Crippen LogP contribution in [0.2, 0.25) is 0 Å². The summed E-state index contributed by atoms with van der Waals surface area (Å²) in [4.78, 5) is 8.76. The highest BCUT2D eigenvalue weighted by Crippen LogP contribution is 2.40. The van der Waals surface area contributed by atoms with Crippen LogP contribution in [-0.2, 0) is 0 Å². The number of nitrogens with one attached hydrogen (secondary N) is 1. The second kappa shape index (κ2) is 5.61. The van der Waals surface area contributed by atoms with Crippen LogP contribution in [0, 0.1) is 5.41 Å². The molecule has 0 amide bonds. The molecular weight excluding hydrogens is 244 g/mol. The van der Waals surface area contributed by atoms with Crippen molar-refractivity contribution in [2.45, 2.75) is 39.0 Å². The lowest BCUT2D eigenvalue weighted by Gasteiger charge is -2.28. The van der Waals surface area contributed by atoms with Gasteiger partial charge in [-0.05, 0) is 24.7 Å². The third kappa shape index (κ3) is 2.77. The zero-order chi connectivity index (χ0) is 13.0. The molecule has 98 valence electrons. The van der Waals surface area contributed by atoms with Gasteiger partial charge in [-0.25, -0.2) is 9.97 Å². The Hall–Kier alpha value is -1.23. The lowest BCUT2D eigenvalue weighted by atomic mass is 9.83. The third-order valence-corrected chi connectivity index (χ3v) is 4.17. The maximum Gasteiger partial charge on any atom is 0.155 e. The van der Waals surface area contributed by atoms with Crippen molar-refractivity contribution in [3.8, 4) is 0 Å². The Balaban J connectivity index is 2.08. The van der Waals surface area contributed by atoms with E-state index in [1.165, 1.54) is 32.1 Å². The van der Waals surface area contributed by atoms with E-state index in [1.54, 1.807) is 12.4 Å². The molecule has 0 bridgehead atoms. The average Bonchev–Trinajstić information content (AvgIpc) is 2.86. The van der Waals surface area contributed by atoms with E-state index < -0.39 is 0 Å². The molecule has 5 heteroatoms. The van der Waals surface area contributed by atoms with Gasteiger partial charge in [0.2, 0.25) is 0 Å². The van der Waals surface area contributed by atoms with Crippen LogP contribution in [0.5, 0.6) is 0 Å². The molecule has 0 saturated heterocycles. The van der Waals surface area contributed by atoms with Crippen molar-refractivity contribution >= 4 is 23.0 Å². The molecule has 1 saturated carbocycles. The van der Waals surface area contributed by atoms with E-state index in [1.807, 2.05) is 0 Å². The number of hydrogen-bond acceptors (Lipinski definition) is 4. The molecule has 0 aliphatic heterocycles. The van der Waals surface area contributed by atoms with Gasteiger partial charge in [0, 0.05) is 18.9 Å².